The number of hydrogen-bond donors (Lipinski definition) is 1. The zero-order chi connectivity index (χ0) is 18.8. The summed E-state index contributed by atoms with van der Waals surface area (Å²) in [6.07, 6.45) is 2.08. The van der Waals surface area contributed by atoms with Crippen molar-refractivity contribution in [3.8, 4) is 22.8 Å². The predicted molar refractivity (Wildman–Crippen MR) is 102 cm³/mol. The number of carbonyl (C=O) groups excluding carboxylic acids is 1. The van der Waals surface area contributed by atoms with Crippen LogP contribution in [0.3, 0.4) is 0 Å². The fourth-order valence-corrected chi connectivity index (χ4v) is 3.51. The van der Waals surface area contributed by atoms with Crippen LogP contribution < -0.4 is 9.47 Å². The number of carbonyl (C=O) groups is 1. The number of hydrogen-bond acceptors (Lipinski definition) is 6. The minimum atomic E-state index is 0.0388. The van der Waals surface area contributed by atoms with Gasteiger partial charge in [-0.15, -0.1) is 11.3 Å². The van der Waals surface area contributed by atoms with Gasteiger partial charge in [0.05, 0.1) is 36.1 Å². The molecule has 7 nitrogen and oxygen atoms in total. The number of aromatic nitrogens is 3. The largest absolute Gasteiger partial charge is 0.454 e. The van der Waals surface area contributed by atoms with Crippen molar-refractivity contribution in [2.45, 2.75) is 32.9 Å². The highest BCUT2D eigenvalue weighted by Gasteiger charge is 2.20. The van der Waals surface area contributed by atoms with Gasteiger partial charge in [0.2, 0.25) is 12.7 Å². The summed E-state index contributed by atoms with van der Waals surface area (Å²) in [6.45, 7) is 4.67. The summed E-state index contributed by atoms with van der Waals surface area (Å²) in [5, 5.41) is 1.90. The average molecular weight is 384 g/mol. The zero-order valence-electron chi connectivity index (χ0n) is 15.1. The summed E-state index contributed by atoms with van der Waals surface area (Å²) in [4.78, 5) is 26.4. The van der Waals surface area contributed by atoms with Crippen LogP contribution in [0.4, 0.5) is 0 Å². The molecule has 1 N–H and O–H groups in total. The Hall–Kier alpha value is -2.87. The Morgan fingerprint density at radius 1 is 1.30 bits per heavy atom. The molecule has 1 aromatic carbocycles. The molecule has 4 rings (SSSR count). The molecule has 0 radical (unpaired) electrons. The molecule has 0 unspecified atom stereocenters. The van der Waals surface area contributed by atoms with E-state index in [0.29, 0.717) is 13.0 Å². The second-order valence-corrected chi connectivity index (χ2v) is 7.30. The minimum Gasteiger partial charge on any atom is -0.454 e. The molecule has 1 aliphatic heterocycles. The summed E-state index contributed by atoms with van der Waals surface area (Å²) >= 11 is 1.50. The number of amides is 1. The highest BCUT2D eigenvalue weighted by molar-refractivity contribution is 7.07. The lowest BCUT2D eigenvalue weighted by molar-refractivity contribution is -0.133. The van der Waals surface area contributed by atoms with Crippen molar-refractivity contribution in [1.82, 2.24) is 19.9 Å². The summed E-state index contributed by atoms with van der Waals surface area (Å²) in [7, 11) is 0. The first-order chi connectivity index (χ1) is 13.1. The number of ether oxygens (including phenoxy) is 2. The van der Waals surface area contributed by atoms with Gasteiger partial charge in [0.15, 0.2) is 11.5 Å². The van der Waals surface area contributed by atoms with Crippen LogP contribution in [0, 0.1) is 0 Å². The van der Waals surface area contributed by atoms with Crippen molar-refractivity contribution >= 4 is 17.2 Å². The van der Waals surface area contributed by atoms with Gasteiger partial charge < -0.3 is 19.4 Å². The first-order valence-corrected chi connectivity index (χ1v) is 9.65. The van der Waals surface area contributed by atoms with E-state index in [-0.39, 0.29) is 18.7 Å². The van der Waals surface area contributed by atoms with Gasteiger partial charge in [-0.05, 0) is 32.0 Å². The molecule has 0 saturated carbocycles. The molecule has 8 heteroatoms. The highest BCUT2D eigenvalue weighted by Crippen LogP contribution is 2.35. The van der Waals surface area contributed by atoms with E-state index in [1.165, 1.54) is 11.3 Å². The van der Waals surface area contributed by atoms with Crippen molar-refractivity contribution in [2.75, 3.05) is 6.79 Å². The van der Waals surface area contributed by atoms with Crippen LogP contribution in [-0.4, -0.2) is 38.6 Å². The number of benzene rings is 1. The second kappa shape index (κ2) is 7.40. The first kappa shape index (κ1) is 17.5. The van der Waals surface area contributed by atoms with Gasteiger partial charge in [-0.2, -0.15) is 0 Å². The Morgan fingerprint density at radius 3 is 2.93 bits per heavy atom. The van der Waals surface area contributed by atoms with Crippen LogP contribution in [0.15, 0.2) is 35.3 Å². The summed E-state index contributed by atoms with van der Waals surface area (Å²) in [5.74, 6) is 2.25. The standard InChI is InChI=1S/C19H20N4O3S/c1-12(2)23(19(24)6-14-9-27-10-21-14)8-18-20-7-15(22-18)13-3-4-16-17(5-13)26-11-25-16/h3-5,7,9-10,12H,6,8,11H2,1-2H3,(H,20,22). The lowest BCUT2D eigenvalue weighted by Crippen LogP contribution is -2.37. The molecule has 2 aromatic heterocycles. The smallest absolute Gasteiger partial charge is 0.231 e. The Kier molecular flexibility index (Phi) is 4.81. The van der Waals surface area contributed by atoms with Crippen molar-refractivity contribution in [3.63, 3.8) is 0 Å². The Labute approximate surface area is 161 Å². The molecule has 27 heavy (non-hydrogen) atoms. The third kappa shape index (κ3) is 3.80. The summed E-state index contributed by atoms with van der Waals surface area (Å²) in [6, 6.07) is 5.83. The molecule has 3 aromatic rings. The molecule has 1 aliphatic rings. The highest BCUT2D eigenvalue weighted by atomic mass is 32.1. The van der Waals surface area contributed by atoms with Crippen LogP contribution in [0.2, 0.25) is 0 Å². The third-order valence-corrected chi connectivity index (χ3v) is 5.03. The van der Waals surface area contributed by atoms with Gasteiger partial charge in [-0.3, -0.25) is 4.79 Å². The SMILES string of the molecule is CC(C)N(Cc1ncc(-c2ccc3c(c2)OCO3)[nH]1)C(=O)Cc1cscn1. The fraction of sp³-hybridized carbons (Fsp3) is 0.316. The number of rotatable bonds is 6. The molecular formula is C19H20N4O3S. The van der Waals surface area contributed by atoms with Gasteiger partial charge in [0.1, 0.15) is 5.82 Å². The van der Waals surface area contributed by atoms with E-state index in [1.54, 1.807) is 11.7 Å². The van der Waals surface area contributed by atoms with Gasteiger partial charge in [-0.1, -0.05) is 0 Å². The Bertz CT molecular complexity index is 936. The number of aromatic amines is 1. The third-order valence-electron chi connectivity index (χ3n) is 4.39. The van der Waals surface area contributed by atoms with Crippen LogP contribution in [0.1, 0.15) is 25.4 Å². The van der Waals surface area contributed by atoms with Crippen LogP contribution >= 0.6 is 11.3 Å². The molecule has 0 bridgehead atoms. The molecule has 140 valence electrons. The van der Waals surface area contributed by atoms with Gasteiger partial charge in [0.25, 0.3) is 0 Å². The maximum Gasteiger partial charge on any atom is 0.231 e. The van der Waals surface area contributed by atoms with Crippen molar-refractivity contribution in [3.05, 3.63) is 46.8 Å². The zero-order valence-corrected chi connectivity index (χ0v) is 16.0. The van der Waals surface area contributed by atoms with Gasteiger partial charge in [0, 0.05) is 17.0 Å². The van der Waals surface area contributed by atoms with Gasteiger partial charge >= 0.3 is 0 Å². The number of fused-ring (bicyclic) bond motifs is 1. The van der Waals surface area contributed by atoms with Crippen molar-refractivity contribution in [2.24, 2.45) is 0 Å². The van der Waals surface area contributed by atoms with Crippen molar-refractivity contribution in [1.29, 1.82) is 0 Å². The van der Waals surface area contributed by atoms with Crippen LogP contribution in [0.5, 0.6) is 11.5 Å². The number of thiazole rings is 1. The molecule has 1 amide bonds. The summed E-state index contributed by atoms with van der Waals surface area (Å²) < 4.78 is 10.8. The molecule has 0 spiro atoms. The van der Waals surface area contributed by atoms with E-state index in [2.05, 4.69) is 15.0 Å². The monoisotopic (exact) mass is 384 g/mol. The quantitative estimate of drug-likeness (QED) is 0.706. The van der Waals surface area contributed by atoms with E-state index in [9.17, 15) is 4.79 Å². The number of H-pyrrole nitrogens is 1. The van der Waals surface area contributed by atoms with E-state index in [0.717, 1.165) is 34.3 Å². The fourth-order valence-electron chi connectivity index (χ4n) is 2.96. The molecule has 0 aliphatic carbocycles. The maximum absolute atomic E-state index is 12.7. The number of nitrogens with zero attached hydrogens (tertiary/aromatic N) is 3. The molecule has 0 saturated heterocycles. The number of nitrogens with one attached hydrogen (secondary N) is 1. The maximum atomic E-state index is 12.7. The number of imidazole rings is 1. The van der Waals surface area contributed by atoms with E-state index in [1.807, 2.05) is 42.3 Å². The van der Waals surface area contributed by atoms with E-state index < -0.39 is 0 Å². The first-order valence-electron chi connectivity index (χ1n) is 8.70. The second-order valence-electron chi connectivity index (χ2n) is 6.58. The Balaban J connectivity index is 1.49. The van der Waals surface area contributed by atoms with Crippen LogP contribution in [0.25, 0.3) is 11.3 Å². The molecule has 3 heterocycles. The molecule has 0 atom stereocenters. The predicted octanol–water partition coefficient (Wildman–Crippen LogP) is 3.24. The Morgan fingerprint density at radius 2 is 2.15 bits per heavy atom. The average Bonchev–Trinajstić information content (AvgIpc) is 3.39. The molecular weight excluding hydrogens is 364 g/mol. The van der Waals surface area contributed by atoms with Crippen molar-refractivity contribution < 1.29 is 14.3 Å². The van der Waals surface area contributed by atoms with Crippen LogP contribution in [-0.2, 0) is 17.8 Å². The van der Waals surface area contributed by atoms with E-state index in [4.69, 9.17) is 9.47 Å². The van der Waals surface area contributed by atoms with E-state index >= 15 is 0 Å². The normalized spacial score (nSPS) is 12.6. The van der Waals surface area contributed by atoms with Gasteiger partial charge in [-0.25, -0.2) is 9.97 Å². The topological polar surface area (TPSA) is 80.3 Å². The molecule has 0 fully saturated rings. The lowest BCUT2D eigenvalue weighted by atomic mass is 10.1. The lowest BCUT2D eigenvalue weighted by Gasteiger charge is -2.25. The summed E-state index contributed by atoms with van der Waals surface area (Å²) in [5.41, 5.74) is 4.38. The minimum absolute atomic E-state index is 0.0388.